The van der Waals surface area contributed by atoms with Gasteiger partial charge in [0, 0.05) is 0 Å². The lowest BCUT2D eigenvalue weighted by Crippen LogP contribution is -2.49. The highest BCUT2D eigenvalue weighted by Crippen LogP contribution is 2.40. The molecule has 22 heavy (non-hydrogen) atoms. The van der Waals surface area contributed by atoms with E-state index in [4.69, 9.17) is 14.2 Å². The molecule has 2 amide bonds. The van der Waals surface area contributed by atoms with Crippen molar-refractivity contribution in [1.29, 1.82) is 0 Å². The molecule has 0 N–H and O–H groups in total. The Balaban J connectivity index is 1.94. The van der Waals surface area contributed by atoms with E-state index in [1.807, 2.05) is 13.0 Å². The van der Waals surface area contributed by atoms with Gasteiger partial charge in [-0.15, -0.1) is 0 Å². The van der Waals surface area contributed by atoms with Gasteiger partial charge in [-0.25, -0.2) is 9.69 Å². The van der Waals surface area contributed by atoms with Crippen LogP contribution in [-0.4, -0.2) is 43.8 Å². The summed E-state index contributed by atoms with van der Waals surface area (Å²) < 4.78 is 15.5. The van der Waals surface area contributed by atoms with Gasteiger partial charge in [0.1, 0.15) is 6.61 Å². The number of cyclic esters (lactones) is 1. The van der Waals surface area contributed by atoms with Crippen molar-refractivity contribution in [2.24, 2.45) is 5.92 Å². The minimum Gasteiger partial charge on any atom is -0.493 e. The fourth-order valence-corrected chi connectivity index (χ4v) is 3.25. The molecule has 0 radical (unpaired) electrons. The van der Waals surface area contributed by atoms with Crippen molar-refractivity contribution in [3.63, 3.8) is 0 Å². The third-order valence-corrected chi connectivity index (χ3v) is 4.52. The van der Waals surface area contributed by atoms with Crippen LogP contribution in [0, 0.1) is 5.92 Å². The van der Waals surface area contributed by atoms with Gasteiger partial charge in [0.15, 0.2) is 11.5 Å². The van der Waals surface area contributed by atoms with E-state index in [9.17, 15) is 9.59 Å². The summed E-state index contributed by atoms with van der Waals surface area (Å²) in [6.45, 7) is 2.34. The predicted octanol–water partition coefficient (Wildman–Crippen LogP) is 2.17. The second kappa shape index (κ2) is 5.51. The summed E-state index contributed by atoms with van der Waals surface area (Å²) in [4.78, 5) is 25.7. The summed E-state index contributed by atoms with van der Waals surface area (Å²) in [5.41, 5.74) is 0.827. The monoisotopic (exact) mass is 305 g/mol. The smallest absolute Gasteiger partial charge is 0.417 e. The number of methoxy groups -OCH3 is 2. The van der Waals surface area contributed by atoms with Gasteiger partial charge in [-0.05, 0) is 30.0 Å². The first-order chi connectivity index (χ1) is 10.6. The molecule has 0 spiro atoms. The molecule has 6 nitrogen and oxygen atoms in total. The summed E-state index contributed by atoms with van der Waals surface area (Å²) >= 11 is 0. The molecule has 0 aliphatic carbocycles. The lowest BCUT2D eigenvalue weighted by atomic mass is 9.81. The van der Waals surface area contributed by atoms with Crippen LogP contribution in [0.3, 0.4) is 0 Å². The summed E-state index contributed by atoms with van der Waals surface area (Å²) in [5, 5.41) is 0. The summed E-state index contributed by atoms with van der Waals surface area (Å²) in [6, 6.07) is 5.28. The Morgan fingerprint density at radius 3 is 2.59 bits per heavy atom. The normalized spacial score (nSPS) is 27.4. The number of fused-ring (bicyclic) bond motifs is 1. The van der Waals surface area contributed by atoms with E-state index in [0.717, 1.165) is 5.56 Å². The molecule has 0 bridgehead atoms. The number of rotatable bonds is 3. The maximum Gasteiger partial charge on any atom is 0.417 e. The van der Waals surface area contributed by atoms with Crippen molar-refractivity contribution in [2.45, 2.75) is 25.3 Å². The maximum atomic E-state index is 12.7. The predicted molar refractivity (Wildman–Crippen MR) is 78.1 cm³/mol. The van der Waals surface area contributed by atoms with E-state index in [1.54, 1.807) is 26.4 Å². The first kappa shape index (κ1) is 14.7. The van der Waals surface area contributed by atoms with E-state index in [0.29, 0.717) is 24.5 Å². The van der Waals surface area contributed by atoms with Crippen LogP contribution in [0.15, 0.2) is 18.2 Å². The average molecular weight is 305 g/mol. The van der Waals surface area contributed by atoms with Gasteiger partial charge in [-0.3, -0.25) is 4.79 Å². The van der Waals surface area contributed by atoms with E-state index in [1.165, 1.54) is 4.90 Å². The van der Waals surface area contributed by atoms with Gasteiger partial charge in [-0.1, -0.05) is 13.0 Å². The quantitative estimate of drug-likeness (QED) is 0.856. The number of nitrogens with zero attached hydrogens (tertiary/aromatic N) is 1. The van der Waals surface area contributed by atoms with Gasteiger partial charge in [-0.2, -0.15) is 0 Å². The Kier molecular flexibility index (Phi) is 3.68. The third kappa shape index (κ3) is 2.19. The Morgan fingerprint density at radius 2 is 1.91 bits per heavy atom. The molecule has 3 rings (SSSR count). The standard InChI is InChI=1S/C16H19NO5/c1-9-6-11(15(18)17-12(9)8-22-16(17)19)10-4-5-13(20-2)14(7-10)21-3/h4-5,7,9,11-12H,6,8H2,1-3H3/t9?,11-,12+/m1/s1. The Morgan fingerprint density at radius 1 is 1.18 bits per heavy atom. The zero-order valence-electron chi connectivity index (χ0n) is 12.9. The van der Waals surface area contributed by atoms with Crippen molar-refractivity contribution < 1.29 is 23.8 Å². The molecule has 0 aromatic heterocycles. The average Bonchev–Trinajstić information content (AvgIpc) is 2.93. The largest absolute Gasteiger partial charge is 0.493 e. The minimum atomic E-state index is -0.535. The van der Waals surface area contributed by atoms with Gasteiger partial charge in [0.25, 0.3) is 0 Å². The fraction of sp³-hybridized carbons (Fsp3) is 0.500. The first-order valence-corrected chi connectivity index (χ1v) is 7.28. The number of ether oxygens (including phenoxy) is 3. The van der Waals surface area contributed by atoms with E-state index in [2.05, 4.69) is 0 Å². The van der Waals surface area contributed by atoms with Crippen molar-refractivity contribution in [3.8, 4) is 11.5 Å². The number of amides is 2. The highest BCUT2D eigenvalue weighted by molar-refractivity contribution is 5.98. The first-order valence-electron chi connectivity index (χ1n) is 7.28. The third-order valence-electron chi connectivity index (χ3n) is 4.52. The molecule has 1 unspecified atom stereocenters. The van der Waals surface area contributed by atoms with Gasteiger partial charge in [0.2, 0.25) is 5.91 Å². The number of hydrogen-bond donors (Lipinski definition) is 0. The number of benzene rings is 1. The number of piperidine rings is 1. The molecule has 3 atom stereocenters. The molecule has 6 heteroatoms. The molecule has 2 saturated heterocycles. The van der Waals surface area contributed by atoms with Crippen molar-refractivity contribution in [3.05, 3.63) is 23.8 Å². The highest BCUT2D eigenvalue weighted by Gasteiger charge is 2.48. The lowest BCUT2D eigenvalue weighted by Gasteiger charge is -2.35. The lowest BCUT2D eigenvalue weighted by molar-refractivity contribution is -0.134. The van der Waals surface area contributed by atoms with Gasteiger partial charge >= 0.3 is 6.09 Å². The van der Waals surface area contributed by atoms with E-state index < -0.39 is 6.09 Å². The summed E-state index contributed by atoms with van der Waals surface area (Å²) in [6.07, 6.45) is 0.151. The molecule has 2 heterocycles. The van der Waals surface area contributed by atoms with Crippen LogP contribution in [-0.2, 0) is 9.53 Å². The topological polar surface area (TPSA) is 65.1 Å². The number of carbonyl (C=O) groups is 2. The van der Waals surface area contributed by atoms with Crippen LogP contribution in [0.5, 0.6) is 11.5 Å². The molecule has 2 fully saturated rings. The highest BCUT2D eigenvalue weighted by atomic mass is 16.6. The van der Waals surface area contributed by atoms with Crippen molar-refractivity contribution >= 4 is 12.0 Å². The van der Waals surface area contributed by atoms with Crippen molar-refractivity contribution in [2.75, 3.05) is 20.8 Å². The Bertz CT molecular complexity index is 615. The van der Waals surface area contributed by atoms with Crippen LogP contribution in [0.2, 0.25) is 0 Å². The SMILES string of the molecule is COc1ccc([C@H]2CC(C)[C@@H]3COC(=O)N3C2=O)cc1OC. The van der Waals surface area contributed by atoms with Gasteiger partial charge < -0.3 is 14.2 Å². The molecular weight excluding hydrogens is 286 g/mol. The Labute approximate surface area is 128 Å². The maximum absolute atomic E-state index is 12.7. The number of imide groups is 1. The molecule has 118 valence electrons. The van der Waals surface area contributed by atoms with E-state index in [-0.39, 0.29) is 23.8 Å². The second-order valence-corrected chi connectivity index (χ2v) is 5.73. The summed E-state index contributed by atoms with van der Waals surface area (Å²) in [5.74, 6) is 0.823. The van der Waals surface area contributed by atoms with Crippen LogP contribution >= 0.6 is 0 Å². The fourth-order valence-electron chi connectivity index (χ4n) is 3.25. The molecule has 2 aliphatic heterocycles. The van der Waals surface area contributed by atoms with Gasteiger partial charge in [0.05, 0.1) is 26.2 Å². The molecular formula is C16H19NO5. The number of carbonyl (C=O) groups excluding carboxylic acids is 2. The molecule has 0 saturated carbocycles. The Hall–Kier alpha value is -2.24. The van der Waals surface area contributed by atoms with E-state index >= 15 is 0 Å². The second-order valence-electron chi connectivity index (χ2n) is 5.73. The molecule has 1 aromatic rings. The van der Waals surface area contributed by atoms with Crippen LogP contribution < -0.4 is 9.47 Å². The minimum absolute atomic E-state index is 0.142. The van der Waals surface area contributed by atoms with Crippen molar-refractivity contribution in [1.82, 2.24) is 4.90 Å². The zero-order chi connectivity index (χ0) is 15.9. The van der Waals surface area contributed by atoms with Crippen LogP contribution in [0.1, 0.15) is 24.8 Å². The number of hydrogen-bond acceptors (Lipinski definition) is 5. The molecule has 1 aromatic carbocycles. The van der Waals surface area contributed by atoms with Crippen LogP contribution in [0.4, 0.5) is 4.79 Å². The summed E-state index contributed by atoms with van der Waals surface area (Å²) in [7, 11) is 3.12. The zero-order valence-corrected chi connectivity index (χ0v) is 12.9. The van der Waals surface area contributed by atoms with Crippen LogP contribution in [0.25, 0.3) is 0 Å². The molecule has 2 aliphatic rings.